The molecular weight excluding hydrogens is 412 g/mol. The zero-order valence-corrected chi connectivity index (χ0v) is 21.3. The molecule has 1 aromatic rings. The molecule has 176 valence electrons. The van der Waals surface area contributed by atoms with E-state index in [1.165, 1.54) is 16.7 Å². The first-order valence-corrected chi connectivity index (χ1v) is 11.5. The van der Waals surface area contributed by atoms with Crippen LogP contribution in [-0.2, 0) is 4.79 Å². The number of rotatable bonds is 4. The Kier molecular flexibility index (Phi) is 6.12. The van der Waals surface area contributed by atoms with Gasteiger partial charge in [-0.2, -0.15) is 0 Å². The van der Waals surface area contributed by atoms with Crippen LogP contribution in [0.4, 0.5) is 0 Å². The Morgan fingerprint density at radius 3 is 1.76 bits per heavy atom. The summed E-state index contributed by atoms with van der Waals surface area (Å²) >= 11 is 0. The Labute approximate surface area is 197 Å². The van der Waals surface area contributed by atoms with E-state index < -0.39 is 11.9 Å². The molecule has 3 rings (SSSR count). The van der Waals surface area contributed by atoms with E-state index in [0.717, 1.165) is 22.3 Å². The first-order valence-electron chi connectivity index (χ1n) is 11.5. The van der Waals surface area contributed by atoms with Crippen LogP contribution >= 0.6 is 0 Å². The monoisotopic (exact) mass is 448 g/mol. The minimum Gasteiger partial charge on any atom is -0.478 e. The first kappa shape index (κ1) is 24.8. The van der Waals surface area contributed by atoms with Gasteiger partial charge in [0.1, 0.15) is 0 Å². The lowest BCUT2D eigenvalue weighted by Gasteiger charge is -2.51. The van der Waals surface area contributed by atoms with Gasteiger partial charge in [-0.15, -0.1) is 0 Å². The van der Waals surface area contributed by atoms with Crippen molar-refractivity contribution in [2.75, 3.05) is 0 Å². The number of carbonyl (C=O) groups is 2. The molecule has 0 saturated carbocycles. The molecule has 2 atom stereocenters. The van der Waals surface area contributed by atoms with Crippen LogP contribution < -0.4 is 0 Å². The molecule has 1 aromatic carbocycles. The van der Waals surface area contributed by atoms with Gasteiger partial charge in [0.25, 0.3) is 0 Å². The van der Waals surface area contributed by atoms with E-state index in [9.17, 15) is 19.8 Å². The van der Waals surface area contributed by atoms with Crippen molar-refractivity contribution in [3.05, 3.63) is 74.9 Å². The molecular formula is C29H36O4. The molecule has 2 aliphatic carbocycles. The fourth-order valence-corrected chi connectivity index (χ4v) is 6.69. The number of aromatic carboxylic acids is 1. The highest BCUT2D eigenvalue weighted by Crippen LogP contribution is 2.58. The molecule has 0 radical (unpaired) electrons. The second-order valence-corrected chi connectivity index (χ2v) is 11.0. The molecule has 2 N–H and O–H groups in total. The minimum atomic E-state index is -0.916. The largest absolute Gasteiger partial charge is 0.478 e. The van der Waals surface area contributed by atoms with Crippen LogP contribution in [0.25, 0.3) is 5.57 Å². The molecule has 0 bridgehead atoms. The van der Waals surface area contributed by atoms with Crippen molar-refractivity contribution in [2.45, 2.75) is 62.3 Å². The smallest absolute Gasteiger partial charge is 0.335 e. The van der Waals surface area contributed by atoms with Gasteiger partial charge in [0.15, 0.2) is 0 Å². The van der Waals surface area contributed by atoms with Crippen LogP contribution in [0.2, 0.25) is 0 Å². The Balaban J connectivity index is 2.22. The highest BCUT2D eigenvalue weighted by Gasteiger charge is 2.49. The fraction of sp³-hybridized carbons (Fsp3) is 0.448. The van der Waals surface area contributed by atoms with Crippen LogP contribution in [0.15, 0.2) is 52.7 Å². The average molecular weight is 449 g/mol. The molecule has 0 amide bonds. The van der Waals surface area contributed by atoms with Crippen molar-refractivity contribution < 1.29 is 19.8 Å². The summed E-state index contributed by atoms with van der Waals surface area (Å²) in [6.07, 6.45) is 5.99. The third-order valence-corrected chi connectivity index (χ3v) is 7.56. The maximum Gasteiger partial charge on any atom is 0.335 e. The normalized spacial score (nSPS) is 24.1. The van der Waals surface area contributed by atoms with Gasteiger partial charge in [-0.25, -0.2) is 9.59 Å². The summed E-state index contributed by atoms with van der Waals surface area (Å²) in [5, 5.41) is 19.1. The lowest BCUT2D eigenvalue weighted by molar-refractivity contribution is -0.132. The van der Waals surface area contributed by atoms with Crippen molar-refractivity contribution in [3.63, 3.8) is 0 Å². The number of aryl methyl sites for hydroxylation is 2. The van der Waals surface area contributed by atoms with Gasteiger partial charge in [0, 0.05) is 0 Å². The molecule has 33 heavy (non-hydrogen) atoms. The molecule has 0 aliphatic heterocycles. The van der Waals surface area contributed by atoms with Crippen LogP contribution in [-0.4, -0.2) is 22.2 Å². The fourth-order valence-electron chi connectivity index (χ4n) is 6.69. The predicted molar refractivity (Wildman–Crippen MR) is 133 cm³/mol. The Morgan fingerprint density at radius 2 is 1.30 bits per heavy atom. The molecule has 0 fully saturated rings. The molecule has 0 saturated heterocycles. The average Bonchev–Trinajstić information content (AvgIpc) is 2.64. The zero-order valence-electron chi connectivity index (χ0n) is 21.3. The summed E-state index contributed by atoms with van der Waals surface area (Å²) in [6, 6.07) is 3.53. The van der Waals surface area contributed by atoms with Gasteiger partial charge in [0.05, 0.1) is 11.1 Å². The van der Waals surface area contributed by atoms with Gasteiger partial charge in [-0.3, -0.25) is 0 Å². The number of carboxylic acids is 2. The molecule has 0 heterocycles. The summed E-state index contributed by atoms with van der Waals surface area (Å²) in [4.78, 5) is 23.3. The SMILES string of the molecule is CC1=CC(C(=O)O)=CC(C)(C)C1C1C(C)=CC(C)=C(c2c(C)cc(C(=O)O)cc2C)C1(C)C. The van der Waals surface area contributed by atoms with Crippen molar-refractivity contribution >= 4 is 17.5 Å². The summed E-state index contributed by atoms with van der Waals surface area (Å²) in [6.45, 7) is 19.2. The third-order valence-electron chi connectivity index (χ3n) is 7.56. The Hall–Kier alpha value is -2.88. The Bertz CT molecular complexity index is 1140. The second kappa shape index (κ2) is 8.16. The quantitative estimate of drug-likeness (QED) is 0.520. The summed E-state index contributed by atoms with van der Waals surface area (Å²) in [7, 11) is 0. The van der Waals surface area contributed by atoms with E-state index >= 15 is 0 Å². The van der Waals surface area contributed by atoms with E-state index in [4.69, 9.17) is 0 Å². The highest BCUT2D eigenvalue weighted by molar-refractivity contribution is 5.91. The Morgan fingerprint density at radius 1 is 0.788 bits per heavy atom. The van der Waals surface area contributed by atoms with Gasteiger partial charge in [-0.05, 0) is 103 Å². The van der Waals surface area contributed by atoms with Crippen LogP contribution in [0.1, 0.15) is 75.5 Å². The van der Waals surface area contributed by atoms with E-state index in [1.54, 1.807) is 12.1 Å². The van der Waals surface area contributed by atoms with Crippen LogP contribution in [0, 0.1) is 36.5 Å². The summed E-state index contributed by atoms with van der Waals surface area (Å²) < 4.78 is 0. The van der Waals surface area contributed by atoms with Crippen LogP contribution in [0.5, 0.6) is 0 Å². The minimum absolute atomic E-state index is 0.133. The standard InChI is InChI=1S/C29H36O4/c1-15-11-20(26(30)31)12-16(2)22(15)23-17(3)10-18(4)25(29(23,8)9)24-19(5)13-21(27(32)33)14-28(24,6)7/h10-14,24-25H,1-9H3,(H,30,31)(H,32,33). The number of hydrogen-bond donors (Lipinski definition) is 2. The molecule has 4 nitrogen and oxygen atoms in total. The number of benzene rings is 1. The molecule has 2 unspecified atom stereocenters. The summed E-state index contributed by atoms with van der Waals surface area (Å²) in [5.74, 6) is -1.51. The van der Waals surface area contributed by atoms with Gasteiger partial charge in [0.2, 0.25) is 0 Å². The third kappa shape index (κ3) is 4.12. The van der Waals surface area contributed by atoms with E-state index in [0.29, 0.717) is 11.1 Å². The van der Waals surface area contributed by atoms with Gasteiger partial charge in [-0.1, -0.05) is 51.0 Å². The number of allylic oxidation sites excluding steroid dienone is 6. The van der Waals surface area contributed by atoms with Gasteiger partial charge < -0.3 is 10.2 Å². The van der Waals surface area contributed by atoms with E-state index in [2.05, 4.69) is 54.5 Å². The molecule has 2 aliphatic rings. The van der Waals surface area contributed by atoms with Crippen LogP contribution in [0.3, 0.4) is 0 Å². The zero-order chi connectivity index (χ0) is 25.0. The van der Waals surface area contributed by atoms with Crippen molar-refractivity contribution in [1.82, 2.24) is 0 Å². The molecule has 0 spiro atoms. The maximum atomic E-state index is 11.7. The summed E-state index contributed by atoms with van der Waals surface area (Å²) in [5.41, 5.74) is 7.92. The van der Waals surface area contributed by atoms with Crippen molar-refractivity contribution in [3.8, 4) is 0 Å². The van der Waals surface area contributed by atoms with E-state index in [1.807, 2.05) is 26.0 Å². The van der Waals surface area contributed by atoms with Crippen molar-refractivity contribution in [2.24, 2.45) is 22.7 Å². The number of carboxylic acid groups (broad SMARTS) is 2. The maximum absolute atomic E-state index is 11.7. The topological polar surface area (TPSA) is 74.6 Å². The van der Waals surface area contributed by atoms with E-state index in [-0.39, 0.29) is 22.7 Å². The highest BCUT2D eigenvalue weighted by atomic mass is 16.4. The molecule has 0 aromatic heterocycles. The lowest BCUT2D eigenvalue weighted by atomic mass is 9.52. The molecule has 4 heteroatoms. The number of aliphatic carboxylic acids is 1. The lowest BCUT2D eigenvalue weighted by Crippen LogP contribution is -2.43. The predicted octanol–water partition coefficient (Wildman–Crippen LogP) is 6.99. The number of hydrogen-bond acceptors (Lipinski definition) is 2. The van der Waals surface area contributed by atoms with Crippen molar-refractivity contribution in [1.29, 1.82) is 0 Å². The first-order chi connectivity index (χ1) is 15.1. The van der Waals surface area contributed by atoms with Gasteiger partial charge >= 0.3 is 11.9 Å². The second-order valence-electron chi connectivity index (χ2n) is 11.0.